The van der Waals surface area contributed by atoms with Crippen molar-refractivity contribution in [3.8, 4) is 11.5 Å². The largest absolute Gasteiger partial charge is 0.495 e. The second-order valence-electron chi connectivity index (χ2n) is 10.1. The Bertz CT molecular complexity index is 1540. The predicted octanol–water partition coefficient (Wildman–Crippen LogP) is 3.33. The zero-order chi connectivity index (χ0) is 30.8. The third kappa shape index (κ3) is 8.79. The number of amides is 2. The zero-order valence-electron chi connectivity index (χ0n) is 24.4. The van der Waals surface area contributed by atoms with Crippen molar-refractivity contribution in [3.05, 3.63) is 83.4 Å². The van der Waals surface area contributed by atoms with Crippen LogP contribution < -0.4 is 24.5 Å². The summed E-state index contributed by atoms with van der Waals surface area (Å²) in [6.07, 6.45) is 3.43. The van der Waals surface area contributed by atoms with Crippen molar-refractivity contribution < 1.29 is 32.2 Å². The molecule has 1 atom stereocenters. The fourth-order valence-corrected chi connectivity index (χ4v) is 5.78. The number of rotatable bonds is 13. The lowest BCUT2D eigenvalue weighted by Gasteiger charge is -2.25. The van der Waals surface area contributed by atoms with Crippen molar-refractivity contribution in [1.29, 1.82) is 0 Å². The molecule has 0 unspecified atom stereocenters. The first-order valence-electron chi connectivity index (χ1n) is 13.8. The molecule has 3 aromatic carbocycles. The summed E-state index contributed by atoms with van der Waals surface area (Å²) in [4.78, 5) is 25.0. The topological polar surface area (TPSA) is 136 Å². The third-order valence-electron chi connectivity index (χ3n) is 6.70. The molecule has 1 saturated heterocycles. The van der Waals surface area contributed by atoms with Gasteiger partial charge in [0.05, 0.1) is 30.0 Å². The molecule has 1 aliphatic rings. The van der Waals surface area contributed by atoms with Crippen LogP contribution in [0.3, 0.4) is 0 Å². The second-order valence-corrected chi connectivity index (χ2v) is 12.0. The minimum Gasteiger partial charge on any atom is -0.495 e. The number of sulfonamides is 1. The van der Waals surface area contributed by atoms with E-state index < -0.39 is 22.5 Å². The van der Waals surface area contributed by atoms with Crippen LogP contribution in [0.15, 0.2) is 76.7 Å². The van der Waals surface area contributed by atoms with E-state index in [1.165, 1.54) is 25.5 Å². The second kappa shape index (κ2) is 14.7. The van der Waals surface area contributed by atoms with Crippen molar-refractivity contribution in [2.75, 3.05) is 37.7 Å². The maximum atomic E-state index is 13.7. The van der Waals surface area contributed by atoms with Gasteiger partial charge in [-0.15, -0.1) is 0 Å². The molecule has 228 valence electrons. The number of hydrazone groups is 1. The summed E-state index contributed by atoms with van der Waals surface area (Å²) < 4.78 is 44.8. The molecule has 0 bridgehead atoms. The predicted molar refractivity (Wildman–Crippen MR) is 163 cm³/mol. The van der Waals surface area contributed by atoms with Crippen molar-refractivity contribution in [1.82, 2.24) is 10.7 Å². The summed E-state index contributed by atoms with van der Waals surface area (Å²) in [5.41, 5.74) is 4.98. The van der Waals surface area contributed by atoms with E-state index in [1.807, 2.05) is 13.8 Å². The Morgan fingerprint density at radius 3 is 2.42 bits per heavy atom. The monoisotopic (exact) mass is 608 g/mol. The fraction of sp³-hybridized carbons (Fsp3) is 0.323. The summed E-state index contributed by atoms with van der Waals surface area (Å²) in [7, 11) is -2.69. The minimum atomic E-state index is -4.13. The van der Waals surface area contributed by atoms with Crippen molar-refractivity contribution in [2.45, 2.75) is 37.7 Å². The molecular formula is C31H36N4O7S. The Balaban J connectivity index is 1.37. The molecular weight excluding hydrogens is 572 g/mol. The first kappa shape index (κ1) is 31.5. The van der Waals surface area contributed by atoms with E-state index in [0.29, 0.717) is 23.6 Å². The van der Waals surface area contributed by atoms with E-state index in [1.54, 1.807) is 54.6 Å². The standard InChI is InChI=1S/C31H36N4O7S/c1-22-6-13-27(14-7-22)43(38,39)35(28-17-23(2)8-15-29(28)40-3)20-30(36)34-33-18-24-9-11-25(12-10-24)42-21-31(37)32-19-26-5-4-16-41-26/h6-15,17-18,26H,4-5,16,19-21H2,1-3H3,(H,32,37)(H,34,36)/b33-18-/t26-/m1/s1. The zero-order valence-corrected chi connectivity index (χ0v) is 25.2. The van der Waals surface area contributed by atoms with E-state index in [0.717, 1.165) is 34.9 Å². The van der Waals surface area contributed by atoms with Gasteiger partial charge in [-0.25, -0.2) is 13.8 Å². The third-order valence-corrected chi connectivity index (χ3v) is 8.48. The number of carbonyl (C=O) groups is 2. The molecule has 3 aromatic rings. The average Bonchev–Trinajstić information content (AvgIpc) is 3.52. The Labute approximate surface area is 251 Å². The van der Waals surface area contributed by atoms with Gasteiger partial charge in [-0.3, -0.25) is 13.9 Å². The number of hydrogen-bond donors (Lipinski definition) is 2. The number of nitrogens with one attached hydrogen (secondary N) is 2. The highest BCUT2D eigenvalue weighted by Gasteiger charge is 2.29. The minimum absolute atomic E-state index is 0.0422. The maximum Gasteiger partial charge on any atom is 0.264 e. The molecule has 1 heterocycles. The molecule has 43 heavy (non-hydrogen) atoms. The van der Waals surface area contributed by atoms with E-state index in [9.17, 15) is 18.0 Å². The summed E-state index contributed by atoms with van der Waals surface area (Å²) in [5.74, 6) is -0.0762. The molecule has 2 N–H and O–H groups in total. The molecule has 2 amide bonds. The van der Waals surface area contributed by atoms with Gasteiger partial charge in [0.1, 0.15) is 18.0 Å². The Hall–Kier alpha value is -4.42. The lowest BCUT2D eigenvalue weighted by atomic mass is 10.2. The average molecular weight is 609 g/mol. The first-order chi connectivity index (χ1) is 20.7. The quantitative estimate of drug-likeness (QED) is 0.224. The van der Waals surface area contributed by atoms with Crippen molar-refractivity contribution in [2.24, 2.45) is 5.10 Å². The first-order valence-corrected chi connectivity index (χ1v) is 15.3. The van der Waals surface area contributed by atoms with E-state index in [2.05, 4.69) is 15.8 Å². The molecule has 0 radical (unpaired) electrons. The molecule has 0 saturated carbocycles. The van der Waals surface area contributed by atoms with E-state index in [-0.39, 0.29) is 29.2 Å². The molecule has 12 heteroatoms. The van der Waals surface area contributed by atoms with E-state index >= 15 is 0 Å². The number of aryl methyl sites for hydroxylation is 2. The number of anilines is 1. The molecule has 4 rings (SSSR count). The van der Waals surface area contributed by atoms with Crippen LogP contribution in [0.1, 0.15) is 29.5 Å². The fourth-order valence-electron chi connectivity index (χ4n) is 4.36. The summed E-state index contributed by atoms with van der Waals surface area (Å²) in [6.45, 7) is 4.22. The lowest BCUT2D eigenvalue weighted by molar-refractivity contribution is -0.123. The molecule has 0 aromatic heterocycles. The maximum absolute atomic E-state index is 13.7. The summed E-state index contributed by atoms with van der Waals surface area (Å²) in [5, 5.41) is 6.79. The Morgan fingerprint density at radius 1 is 1.02 bits per heavy atom. The summed E-state index contributed by atoms with van der Waals surface area (Å²) >= 11 is 0. The number of hydrogen-bond acceptors (Lipinski definition) is 8. The number of nitrogens with zero attached hydrogens (tertiary/aromatic N) is 2. The van der Waals surface area contributed by atoms with Gasteiger partial charge < -0.3 is 19.5 Å². The van der Waals surface area contributed by atoms with Crippen LogP contribution in [0.5, 0.6) is 11.5 Å². The Morgan fingerprint density at radius 2 is 1.74 bits per heavy atom. The number of benzene rings is 3. The highest BCUT2D eigenvalue weighted by atomic mass is 32.2. The Kier molecular flexibility index (Phi) is 10.7. The lowest BCUT2D eigenvalue weighted by Crippen LogP contribution is -2.39. The SMILES string of the molecule is COc1ccc(C)cc1N(CC(=O)N/N=C\c1ccc(OCC(=O)NC[C@H]2CCCO2)cc1)S(=O)(=O)c1ccc(C)cc1. The van der Waals surface area contributed by atoms with E-state index in [4.69, 9.17) is 14.2 Å². The number of ether oxygens (including phenoxy) is 3. The van der Waals surface area contributed by atoms with Crippen molar-refractivity contribution >= 4 is 33.7 Å². The van der Waals surface area contributed by atoms with Gasteiger partial charge in [-0.05, 0) is 86.3 Å². The van der Waals surface area contributed by atoms with Gasteiger partial charge in [-0.1, -0.05) is 23.8 Å². The number of methoxy groups -OCH3 is 1. The van der Waals surface area contributed by atoms with Crippen LogP contribution in [0.2, 0.25) is 0 Å². The van der Waals surface area contributed by atoms with Gasteiger partial charge in [-0.2, -0.15) is 5.10 Å². The smallest absolute Gasteiger partial charge is 0.264 e. The normalized spacial score (nSPS) is 14.8. The number of carbonyl (C=O) groups excluding carboxylic acids is 2. The van der Waals surface area contributed by atoms with Crippen LogP contribution in [0, 0.1) is 13.8 Å². The van der Waals surface area contributed by atoms with Crippen LogP contribution in [-0.4, -0.2) is 66.0 Å². The van der Waals surface area contributed by atoms with Crippen LogP contribution in [0.25, 0.3) is 0 Å². The van der Waals surface area contributed by atoms with Gasteiger partial charge in [0.25, 0.3) is 21.8 Å². The molecule has 0 spiro atoms. The molecule has 11 nitrogen and oxygen atoms in total. The highest BCUT2D eigenvalue weighted by Crippen LogP contribution is 2.33. The highest BCUT2D eigenvalue weighted by molar-refractivity contribution is 7.92. The van der Waals surface area contributed by atoms with Gasteiger partial charge in [0.2, 0.25) is 0 Å². The van der Waals surface area contributed by atoms with Gasteiger partial charge in [0, 0.05) is 13.2 Å². The van der Waals surface area contributed by atoms with Gasteiger partial charge in [0.15, 0.2) is 6.61 Å². The van der Waals surface area contributed by atoms with Crippen LogP contribution in [-0.2, 0) is 24.3 Å². The summed E-state index contributed by atoms with van der Waals surface area (Å²) in [6, 6.07) is 18.3. The molecule has 1 aliphatic heterocycles. The van der Waals surface area contributed by atoms with Crippen LogP contribution >= 0.6 is 0 Å². The van der Waals surface area contributed by atoms with Crippen LogP contribution in [0.4, 0.5) is 5.69 Å². The van der Waals surface area contributed by atoms with Gasteiger partial charge >= 0.3 is 0 Å². The molecule has 0 aliphatic carbocycles. The molecule has 1 fully saturated rings. The van der Waals surface area contributed by atoms with Crippen molar-refractivity contribution in [3.63, 3.8) is 0 Å².